The van der Waals surface area contributed by atoms with E-state index < -0.39 is 26.5 Å². The fourth-order valence-electron chi connectivity index (χ4n) is 5.33. The molecular weight excluding hydrogens is 677 g/mol. The number of phosphoric ester groups is 1. The molecule has 0 aliphatic carbocycles. The second-order valence-electron chi connectivity index (χ2n) is 15.0. The monoisotopic (exact) mass is 757 g/mol. The maximum Gasteiger partial charge on any atom is 0.472 e. The van der Waals surface area contributed by atoms with Gasteiger partial charge >= 0.3 is 19.8 Å². The lowest BCUT2D eigenvalue weighted by Gasteiger charge is -2.24. The average molecular weight is 757 g/mol. The molecule has 1 unspecified atom stereocenters. The summed E-state index contributed by atoms with van der Waals surface area (Å²) in [5.41, 5.74) is 0. The minimum Gasteiger partial charge on any atom is -0.462 e. The normalized spacial score (nSPS) is 14.0. The first-order valence-corrected chi connectivity index (χ1v) is 22.2. The van der Waals surface area contributed by atoms with Gasteiger partial charge in [0, 0.05) is 12.8 Å². The van der Waals surface area contributed by atoms with E-state index in [2.05, 4.69) is 50.3 Å². The molecule has 0 spiro atoms. The van der Waals surface area contributed by atoms with Gasteiger partial charge in [0.25, 0.3) is 0 Å². The third kappa shape index (κ3) is 38.0. The zero-order chi connectivity index (χ0) is 38.6. The molecule has 9 nitrogen and oxygen atoms in total. The number of phosphoric acid groups is 1. The van der Waals surface area contributed by atoms with Crippen molar-refractivity contribution in [2.24, 2.45) is 0 Å². The summed E-state index contributed by atoms with van der Waals surface area (Å²) < 4.78 is 34.2. The molecule has 52 heavy (non-hydrogen) atoms. The Morgan fingerprint density at radius 1 is 0.596 bits per heavy atom. The molecule has 0 radical (unpaired) electrons. The largest absolute Gasteiger partial charge is 0.472 e. The zero-order valence-corrected chi connectivity index (χ0v) is 34.9. The predicted octanol–water partition coefficient (Wildman–Crippen LogP) is 11.4. The smallest absolute Gasteiger partial charge is 0.462 e. The molecule has 304 valence electrons. The topological polar surface area (TPSA) is 108 Å². The van der Waals surface area contributed by atoms with E-state index in [9.17, 15) is 19.0 Å². The van der Waals surface area contributed by atoms with Gasteiger partial charge in [0.05, 0.1) is 27.7 Å². The van der Waals surface area contributed by atoms with Crippen molar-refractivity contribution in [3.05, 3.63) is 36.5 Å². The van der Waals surface area contributed by atoms with E-state index in [1.807, 2.05) is 21.1 Å². The van der Waals surface area contributed by atoms with Crippen molar-refractivity contribution in [1.82, 2.24) is 0 Å². The molecule has 0 aliphatic rings. The molecule has 0 saturated carbocycles. The second kappa shape index (κ2) is 35.0. The number of ether oxygens (including phenoxy) is 2. The molecule has 0 heterocycles. The summed E-state index contributed by atoms with van der Waals surface area (Å²) in [7, 11) is 1.46. The summed E-state index contributed by atoms with van der Waals surface area (Å²) in [5, 5.41) is 0. The van der Waals surface area contributed by atoms with Crippen LogP contribution >= 0.6 is 7.82 Å². The van der Waals surface area contributed by atoms with Crippen LogP contribution in [0, 0.1) is 0 Å². The van der Waals surface area contributed by atoms with Crippen LogP contribution in [-0.2, 0) is 32.7 Å². The van der Waals surface area contributed by atoms with Gasteiger partial charge in [0.2, 0.25) is 0 Å². The standard InChI is InChI=1S/C42H78NO8P/c1-6-8-10-12-14-16-18-20-21-23-24-26-28-30-32-34-41(44)48-38-40(39-50-52(46,47)49-37-36-43(3,4)5)51-42(45)35-33-31-29-27-25-22-19-17-15-13-11-9-7-2/h14,16,20-22,25,40H,6-13,15,17-19,23-24,26-39H2,1-5H3/p+1/b16-14+,21-20+,25-22+/t40-/m1/s1. The Balaban J connectivity index is 4.44. The number of nitrogens with zero attached hydrogens (tertiary/aromatic N) is 1. The Morgan fingerprint density at radius 3 is 1.60 bits per heavy atom. The average Bonchev–Trinajstić information content (AvgIpc) is 3.09. The van der Waals surface area contributed by atoms with Crippen molar-refractivity contribution in [3.63, 3.8) is 0 Å². The molecule has 0 aromatic rings. The van der Waals surface area contributed by atoms with Crippen molar-refractivity contribution in [1.29, 1.82) is 0 Å². The van der Waals surface area contributed by atoms with Gasteiger partial charge in [-0.05, 0) is 70.6 Å². The number of allylic oxidation sites excluding steroid dienone is 6. The van der Waals surface area contributed by atoms with Crippen LogP contribution in [0.3, 0.4) is 0 Å². The SMILES string of the molecule is CCCCC/C=C/C/C=C/CCCCCCCC(=O)OC[C@H](COP(=O)(O)OCC[N+](C)(C)C)OC(=O)CCCCC/C=C/CCCCCCCC. The van der Waals surface area contributed by atoms with Crippen molar-refractivity contribution in [2.45, 2.75) is 174 Å². The fourth-order valence-corrected chi connectivity index (χ4v) is 6.07. The van der Waals surface area contributed by atoms with Gasteiger partial charge in [-0.25, -0.2) is 4.57 Å². The molecule has 0 amide bonds. The van der Waals surface area contributed by atoms with Gasteiger partial charge in [-0.1, -0.05) is 121 Å². The van der Waals surface area contributed by atoms with Crippen molar-refractivity contribution < 1.29 is 42.1 Å². The van der Waals surface area contributed by atoms with Crippen LogP contribution in [0.25, 0.3) is 0 Å². The van der Waals surface area contributed by atoms with Crippen LogP contribution < -0.4 is 0 Å². The van der Waals surface area contributed by atoms with Crippen LogP contribution in [0.1, 0.15) is 168 Å². The number of hydrogen-bond acceptors (Lipinski definition) is 7. The van der Waals surface area contributed by atoms with E-state index in [0.29, 0.717) is 17.4 Å². The minimum atomic E-state index is -4.38. The molecule has 0 bridgehead atoms. The van der Waals surface area contributed by atoms with Gasteiger partial charge in [-0.2, -0.15) is 0 Å². The molecule has 0 saturated heterocycles. The molecule has 0 fully saturated rings. The highest BCUT2D eigenvalue weighted by Crippen LogP contribution is 2.43. The summed E-state index contributed by atoms with van der Waals surface area (Å²) >= 11 is 0. The van der Waals surface area contributed by atoms with Crippen LogP contribution in [0.5, 0.6) is 0 Å². The molecular formula is C42H79NO8P+. The maximum absolute atomic E-state index is 12.6. The Kier molecular flexibility index (Phi) is 33.8. The first kappa shape index (κ1) is 50.2. The van der Waals surface area contributed by atoms with E-state index in [1.54, 1.807) is 0 Å². The molecule has 2 atom stereocenters. The number of likely N-dealkylation sites (N-methyl/N-ethyl adjacent to an activating group) is 1. The Labute approximate surface area is 319 Å². The number of quaternary nitrogens is 1. The number of hydrogen-bond donors (Lipinski definition) is 1. The third-order valence-corrected chi connectivity index (χ3v) is 9.63. The van der Waals surface area contributed by atoms with E-state index >= 15 is 0 Å². The molecule has 0 aromatic carbocycles. The van der Waals surface area contributed by atoms with E-state index in [-0.39, 0.29) is 32.0 Å². The van der Waals surface area contributed by atoms with Crippen LogP contribution in [0.4, 0.5) is 0 Å². The first-order valence-electron chi connectivity index (χ1n) is 20.7. The lowest BCUT2D eigenvalue weighted by atomic mass is 10.1. The molecule has 10 heteroatoms. The van der Waals surface area contributed by atoms with Crippen LogP contribution in [-0.4, -0.2) is 74.9 Å². The number of esters is 2. The van der Waals surface area contributed by atoms with Crippen molar-refractivity contribution in [3.8, 4) is 0 Å². The quantitative estimate of drug-likeness (QED) is 0.0219. The number of carbonyl (C=O) groups is 2. The van der Waals surface area contributed by atoms with Crippen molar-refractivity contribution >= 4 is 19.8 Å². The fraction of sp³-hybridized carbons (Fsp3) is 0.810. The van der Waals surface area contributed by atoms with Crippen LogP contribution in [0.15, 0.2) is 36.5 Å². The summed E-state index contributed by atoms with van der Waals surface area (Å²) in [5.74, 6) is -0.835. The third-order valence-electron chi connectivity index (χ3n) is 8.64. The van der Waals surface area contributed by atoms with Gasteiger partial charge in [0.15, 0.2) is 6.10 Å². The lowest BCUT2D eigenvalue weighted by molar-refractivity contribution is -0.870. The van der Waals surface area contributed by atoms with Crippen LogP contribution in [0.2, 0.25) is 0 Å². The summed E-state index contributed by atoms with van der Waals surface area (Å²) in [6, 6.07) is 0. The Morgan fingerprint density at radius 2 is 1.04 bits per heavy atom. The van der Waals surface area contributed by atoms with Gasteiger partial charge in [0.1, 0.15) is 19.8 Å². The number of carbonyl (C=O) groups excluding carboxylic acids is 2. The predicted molar refractivity (Wildman–Crippen MR) is 215 cm³/mol. The molecule has 1 N–H and O–H groups in total. The molecule has 0 rings (SSSR count). The Bertz CT molecular complexity index is 991. The highest BCUT2D eigenvalue weighted by Gasteiger charge is 2.27. The number of rotatable bonds is 37. The Hall–Kier alpha value is -1.77. The highest BCUT2D eigenvalue weighted by molar-refractivity contribution is 7.47. The molecule has 0 aliphatic heterocycles. The summed E-state index contributed by atoms with van der Waals surface area (Å²) in [6.45, 7) is 4.34. The lowest BCUT2D eigenvalue weighted by Crippen LogP contribution is -2.37. The van der Waals surface area contributed by atoms with Gasteiger partial charge in [-0.15, -0.1) is 0 Å². The van der Waals surface area contributed by atoms with E-state index in [0.717, 1.165) is 70.6 Å². The zero-order valence-electron chi connectivity index (χ0n) is 34.0. The van der Waals surface area contributed by atoms with Crippen molar-refractivity contribution in [2.75, 3.05) is 47.5 Å². The van der Waals surface area contributed by atoms with Gasteiger partial charge < -0.3 is 18.9 Å². The van der Waals surface area contributed by atoms with E-state index in [4.69, 9.17) is 18.5 Å². The van der Waals surface area contributed by atoms with Gasteiger partial charge in [-0.3, -0.25) is 18.6 Å². The summed E-state index contributed by atoms with van der Waals surface area (Å²) in [4.78, 5) is 35.2. The van der Waals surface area contributed by atoms with E-state index in [1.165, 1.54) is 64.2 Å². The maximum atomic E-state index is 12.6. The molecule has 0 aromatic heterocycles. The number of unbranched alkanes of at least 4 members (excludes halogenated alkanes) is 17. The second-order valence-corrected chi connectivity index (χ2v) is 16.5. The minimum absolute atomic E-state index is 0.0263. The highest BCUT2D eigenvalue weighted by atomic mass is 31.2. The first-order chi connectivity index (χ1) is 25.0. The summed E-state index contributed by atoms with van der Waals surface area (Å²) in [6.07, 6.45) is 37.6.